The maximum absolute atomic E-state index is 5.78. The molecule has 1 N–H and O–H groups in total. The van der Waals surface area contributed by atoms with Crippen LogP contribution in [0.4, 0.5) is 0 Å². The molecule has 1 aromatic carbocycles. The lowest BCUT2D eigenvalue weighted by Crippen LogP contribution is -3.09. The van der Waals surface area contributed by atoms with Gasteiger partial charge in [-0.3, -0.25) is 4.57 Å². The van der Waals surface area contributed by atoms with E-state index in [4.69, 9.17) is 17.3 Å². The van der Waals surface area contributed by atoms with Crippen LogP contribution in [0.25, 0.3) is 10.7 Å². The van der Waals surface area contributed by atoms with Crippen LogP contribution in [-0.2, 0) is 13.2 Å². The number of quaternary nitrogens is 1. The molecule has 1 fully saturated rings. The Balaban J connectivity index is 1.72. The predicted molar refractivity (Wildman–Crippen MR) is 99.8 cm³/mol. The maximum Gasteiger partial charge on any atom is 0.203 e. The van der Waals surface area contributed by atoms with Crippen LogP contribution in [0.15, 0.2) is 47.8 Å². The molecule has 124 valence electrons. The van der Waals surface area contributed by atoms with E-state index in [2.05, 4.69) is 46.3 Å². The second kappa shape index (κ2) is 7.01. The van der Waals surface area contributed by atoms with Gasteiger partial charge in [0, 0.05) is 12.8 Å². The molecule has 1 aliphatic rings. The average Bonchev–Trinajstić information content (AvgIpc) is 3.34. The van der Waals surface area contributed by atoms with Gasteiger partial charge < -0.3 is 4.90 Å². The first-order valence-corrected chi connectivity index (χ1v) is 9.69. The van der Waals surface area contributed by atoms with E-state index in [1.807, 2.05) is 10.7 Å². The average molecular weight is 358 g/mol. The van der Waals surface area contributed by atoms with Crippen molar-refractivity contribution in [2.24, 2.45) is 0 Å². The third-order valence-corrected chi connectivity index (χ3v) is 5.83. The van der Waals surface area contributed by atoms with Gasteiger partial charge in [0.05, 0.1) is 24.5 Å². The molecule has 0 unspecified atom stereocenters. The van der Waals surface area contributed by atoms with Crippen molar-refractivity contribution in [2.45, 2.75) is 26.1 Å². The fourth-order valence-electron chi connectivity index (χ4n) is 3.29. The summed E-state index contributed by atoms with van der Waals surface area (Å²) in [7, 11) is 0. The summed E-state index contributed by atoms with van der Waals surface area (Å²) in [6.07, 6.45) is 2.62. The second-order valence-corrected chi connectivity index (χ2v) is 7.58. The Labute approximate surface area is 151 Å². The number of hydrogen-bond acceptors (Lipinski definition) is 3. The largest absolute Gasteiger partial charge is 0.316 e. The fourth-order valence-corrected chi connectivity index (χ4v) is 4.26. The molecule has 3 heterocycles. The first-order chi connectivity index (χ1) is 11.8. The molecule has 0 amide bonds. The minimum atomic E-state index is 0.766. The Hall–Kier alpha value is -1.76. The standard InChI is InChI=1S/C18H20N4S2/c23-18-21(13-15-7-2-1-3-8-15)17(16-9-6-12-24-16)19-22(18)14-20-10-4-5-11-20/h1-3,6-9,12H,4-5,10-11,13-14H2/p+1. The van der Waals surface area contributed by atoms with Crippen LogP contribution < -0.4 is 4.90 Å². The first kappa shape index (κ1) is 15.7. The number of nitrogens with one attached hydrogen (secondary N) is 1. The summed E-state index contributed by atoms with van der Waals surface area (Å²) in [4.78, 5) is 2.75. The van der Waals surface area contributed by atoms with Crippen LogP contribution in [-0.4, -0.2) is 27.4 Å². The third-order valence-electron chi connectivity index (χ3n) is 4.53. The van der Waals surface area contributed by atoms with Gasteiger partial charge in [0.25, 0.3) is 0 Å². The molecule has 0 saturated carbocycles. The van der Waals surface area contributed by atoms with Gasteiger partial charge in [-0.05, 0) is 29.2 Å². The normalized spacial score (nSPS) is 15.2. The minimum Gasteiger partial charge on any atom is -0.316 e. The van der Waals surface area contributed by atoms with E-state index in [-0.39, 0.29) is 0 Å². The van der Waals surface area contributed by atoms with Gasteiger partial charge >= 0.3 is 0 Å². The van der Waals surface area contributed by atoms with Crippen molar-refractivity contribution in [2.75, 3.05) is 13.1 Å². The van der Waals surface area contributed by atoms with Crippen LogP contribution in [0, 0.1) is 4.77 Å². The molecule has 0 spiro atoms. The van der Waals surface area contributed by atoms with Crippen molar-refractivity contribution in [1.82, 2.24) is 14.3 Å². The van der Waals surface area contributed by atoms with E-state index in [0.29, 0.717) is 0 Å². The van der Waals surface area contributed by atoms with Gasteiger partial charge in [0.1, 0.15) is 0 Å². The van der Waals surface area contributed by atoms with Gasteiger partial charge in [0.2, 0.25) is 4.77 Å². The van der Waals surface area contributed by atoms with Crippen LogP contribution in [0.5, 0.6) is 0 Å². The Morgan fingerprint density at radius 1 is 1.08 bits per heavy atom. The Morgan fingerprint density at radius 2 is 1.88 bits per heavy atom. The molecule has 4 rings (SSSR count). The van der Waals surface area contributed by atoms with E-state index in [1.54, 1.807) is 16.2 Å². The van der Waals surface area contributed by atoms with Gasteiger partial charge in [0.15, 0.2) is 12.5 Å². The number of thiophene rings is 1. The van der Waals surface area contributed by atoms with Crippen molar-refractivity contribution >= 4 is 23.6 Å². The van der Waals surface area contributed by atoms with Crippen molar-refractivity contribution in [3.63, 3.8) is 0 Å². The highest BCUT2D eigenvalue weighted by molar-refractivity contribution is 7.71. The molecule has 0 atom stereocenters. The van der Waals surface area contributed by atoms with Gasteiger partial charge in [-0.25, -0.2) is 0 Å². The predicted octanol–water partition coefficient (Wildman–Crippen LogP) is 2.83. The number of benzene rings is 1. The molecule has 0 bridgehead atoms. The smallest absolute Gasteiger partial charge is 0.203 e. The summed E-state index contributed by atoms with van der Waals surface area (Å²) in [6, 6.07) is 14.7. The number of likely N-dealkylation sites (tertiary alicyclic amines) is 1. The molecule has 3 aromatic rings. The lowest BCUT2D eigenvalue weighted by atomic mass is 10.2. The summed E-state index contributed by atoms with van der Waals surface area (Å²) in [5, 5.41) is 6.97. The lowest BCUT2D eigenvalue weighted by molar-refractivity contribution is -0.911. The Kier molecular flexibility index (Phi) is 4.60. The zero-order valence-corrected chi connectivity index (χ0v) is 15.2. The molecule has 2 aromatic heterocycles. The topological polar surface area (TPSA) is 27.2 Å². The van der Waals surface area contributed by atoms with Crippen LogP contribution in [0.3, 0.4) is 0 Å². The molecule has 1 saturated heterocycles. The molecule has 6 heteroatoms. The molecular weight excluding hydrogens is 336 g/mol. The van der Waals surface area contributed by atoms with E-state index in [1.165, 1.54) is 36.4 Å². The maximum atomic E-state index is 5.78. The highest BCUT2D eigenvalue weighted by Gasteiger charge is 2.20. The SMILES string of the molecule is S=c1n(C[NH+]2CCCC2)nc(-c2cccs2)n1Cc1ccccc1. The number of nitrogens with zero attached hydrogens (tertiary/aromatic N) is 3. The third kappa shape index (κ3) is 3.22. The summed E-state index contributed by atoms with van der Waals surface area (Å²) in [5.74, 6) is 0.984. The van der Waals surface area contributed by atoms with Gasteiger partial charge in [-0.15, -0.1) is 16.4 Å². The van der Waals surface area contributed by atoms with E-state index < -0.39 is 0 Å². The minimum absolute atomic E-state index is 0.766. The lowest BCUT2D eigenvalue weighted by Gasteiger charge is -2.11. The summed E-state index contributed by atoms with van der Waals surface area (Å²) in [6.45, 7) is 4.09. The quantitative estimate of drug-likeness (QED) is 0.711. The fraction of sp³-hybridized carbons (Fsp3) is 0.333. The van der Waals surface area contributed by atoms with Crippen molar-refractivity contribution in [3.8, 4) is 10.7 Å². The van der Waals surface area contributed by atoms with E-state index >= 15 is 0 Å². The molecule has 4 nitrogen and oxygen atoms in total. The summed E-state index contributed by atoms with van der Waals surface area (Å²) in [5.41, 5.74) is 1.25. The highest BCUT2D eigenvalue weighted by Crippen LogP contribution is 2.24. The molecular formula is C18H21N4S2+. The number of aromatic nitrogens is 3. The van der Waals surface area contributed by atoms with Crippen molar-refractivity contribution < 1.29 is 4.90 Å². The Morgan fingerprint density at radius 3 is 2.58 bits per heavy atom. The van der Waals surface area contributed by atoms with Crippen LogP contribution in [0.1, 0.15) is 18.4 Å². The zero-order valence-electron chi connectivity index (χ0n) is 13.5. The van der Waals surface area contributed by atoms with Gasteiger partial charge in [-0.2, -0.15) is 4.68 Å². The summed E-state index contributed by atoms with van der Waals surface area (Å²) >= 11 is 7.49. The van der Waals surface area contributed by atoms with Crippen LogP contribution >= 0.6 is 23.6 Å². The molecule has 0 radical (unpaired) electrons. The molecule has 1 aliphatic heterocycles. The monoisotopic (exact) mass is 357 g/mol. The molecule has 0 aliphatic carbocycles. The zero-order chi connectivity index (χ0) is 16.4. The van der Waals surface area contributed by atoms with Crippen molar-refractivity contribution in [1.29, 1.82) is 0 Å². The Bertz CT molecular complexity index is 843. The van der Waals surface area contributed by atoms with Crippen molar-refractivity contribution in [3.05, 3.63) is 58.2 Å². The second-order valence-electron chi connectivity index (χ2n) is 6.27. The number of hydrogen-bond donors (Lipinski definition) is 1. The molecule has 24 heavy (non-hydrogen) atoms. The van der Waals surface area contributed by atoms with Gasteiger partial charge in [-0.1, -0.05) is 36.4 Å². The summed E-state index contributed by atoms with van der Waals surface area (Å²) < 4.78 is 5.02. The highest BCUT2D eigenvalue weighted by atomic mass is 32.1. The first-order valence-electron chi connectivity index (χ1n) is 8.40. The van der Waals surface area contributed by atoms with E-state index in [9.17, 15) is 0 Å². The van der Waals surface area contributed by atoms with Crippen LogP contribution in [0.2, 0.25) is 0 Å². The van der Waals surface area contributed by atoms with E-state index in [0.717, 1.165) is 23.8 Å². The number of rotatable bonds is 5.